The van der Waals surface area contributed by atoms with Gasteiger partial charge >= 0.3 is 0 Å². The number of para-hydroxylation sites is 1. The molecule has 0 atom stereocenters. The Morgan fingerprint density at radius 1 is 1.40 bits per heavy atom. The maximum absolute atomic E-state index is 5.32. The van der Waals surface area contributed by atoms with E-state index in [0.29, 0.717) is 6.67 Å². The first-order chi connectivity index (χ1) is 4.84. The SMILES string of the molecule is Cc1ccccc1NCN. The Morgan fingerprint density at radius 3 is 2.70 bits per heavy atom. The summed E-state index contributed by atoms with van der Waals surface area (Å²) >= 11 is 0. The first kappa shape index (κ1) is 7.09. The van der Waals surface area contributed by atoms with Crippen molar-refractivity contribution in [3.8, 4) is 0 Å². The van der Waals surface area contributed by atoms with E-state index in [9.17, 15) is 0 Å². The van der Waals surface area contributed by atoms with Gasteiger partial charge in [0.1, 0.15) is 0 Å². The van der Waals surface area contributed by atoms with Crippen LogP contribution in [0.1, 0.15) is 5.56 Å². The van der Waals surface area contributed by atoms with Crippen LogP contribution in [-0.4, -0.2) is 6.67 Å². The summed E-state index contributed by atoms with van der Waals surface area (Å²) in [5.74, 6) is 0. The summed E-state index contributed by atoms with van der Waals surface area (Å²) in [6.45, 7) is 2.54. The van der Waals surface area contributed by atoms with Crippen LogP contribution < -0.4 is 11.1 Å². The minimum atomic E-state index is 0.491. The Balaban J connectivity index is 2.81. The molecule has 1 aromatic carbocycles. The van der Waals surface area contributed by atoms with Gasteiger partial charge in [-0.15, -0.1) is 0 Å². The van der Waals surface area contributed by atoms with E-state index in [2.05, 4.69) is 18.3 Å². The van der Waals surface area contributed by atoms with Crippen molar-refractivity contribution in [2.24, 2.45) is 5.73 Å². The number of hydrogen-bond acceptors (Lipinski definition) is 2. The summed E-state index contributed by atoms with van der Waals surface area (Å²) in [6.07, 6.45) is 0. The number of nitrogens with two attached hydrogens (primary N) is 1. The second-order valence-electron chi connectivity index (χ2n) is 2.20. The van der Waals surface area contributed by atoms with Gasteiger partial charge in [0.05, 0.1) is 6.67 Å². The molecule has 1 aromatic rings. The van der Waals surface area contributed by atoms with Gasteiger partial charge in [0.25, 0.3) is 0 Å². The fourth-order valence-corrected chi connectivity index (χ4v) is 0.881. The zero-order valence-electron chi connectivity index (χ0n) is 6.09. The molecule has 0 aromatic heterocycles. The van der Waals surface area contributed by atoms with Crippen molar-refractivity contribution in [3.05, 3.63) is 29.8 Å². The summed E-state index contributed by atoms with van der Waals surface area (Å²) in [6, 6.07) is 8.07. The first-order valence-electron chi connectivity index (χ1n) is 3.34. The van der Waals surface area contributed by atoms with Crippen molar-refractivity contribution in [1.82, 2.24) is 0 Å². The van der Waals surface area contributed by atoms with Crippen LogP contribution in [0, 0.1) is 6.92 Å². The Bertz CT molecular complexity index is 208. The second-order valence-corrected chi connectivity index (χ2v) is 2.20. The third-order valence-electron chi connectivity index (χ3n) is 1.44. The van der Waals surface area contributed by atoms with Crippen molar-refractivity contribution < 1.29 is 0 Å². The lowest BCUT2D eigenvalue weighted by atomic mass is 10.2. The van der Waals surface area contributed by atoms with E-state index < -0.39 is 0 Å². The van der Waals surface area contributed by atoms with Crippen LogP contribution >= 0.6 is 0 Å². The summed E-state index contributed by atoms with van der Waals surface area (Å²) in [5.41, 5.74) is 7.66. The van der Waals surface area contributed by atoms with E-state index in [0.717, 1.165) is 5.69 Å². The monoisotopic (exact) mass is 136 g/mol. The zero-order valence-corrected chi connectivity index (χ0v) is 6.09. The summed E-state index contributed by atoms with van der Waals surface area (Å²) in [4.78, 5) is 0. The summed E-state index contributed by atoms with van der Waals surface area (Å²) < 4.78 is 0. The lowest BCUT2D eigenvalue weighted by Crippen LogP contribution is -2.11. The average molecular weight is 136 g/mol. The predicted molar refractivity (Wildman–Crippen MR) is 43.9 cm³/mol. The molecule has 0 unspecified atom stereocenters. The summed E-state index contributed by atoms with van der Waals surface area (Å²) in [5, 5.41) is 3.05. The molecule has 2 nitrogen and oxygen atoms in total. The van der Waals surface area contributed by atoms with E-state index in [1.54, 1.807) is 0 Å². The highest BCUT2D eigenvalue weighted by molar-refractivity contribution is 5.49. The average Bonchev–Trinajstić information content (AvgIpc) is 1.94. The number of hydrogen-bond donors (Lipinski definition) is 2. The molecule has 0 spiro atoms. The molecule has 54 valence electrons. The lowest BCUT2D eigenvalue weighted by Gasteiger charge is -2.04. The highest BCUT2D eigenvalue weighted by atomic mass is 15.0. The van der Waals surface area contributed by atoms with Gasteiger partial charge in [0.2, 0.25) is 0 Å². The van der Waals surface area contributed by atoms with Crippen LogP contribution in [0.3, 0.4) is 0 Å². The normalized spacial score (nSPS) is 9.40. The molecule has 0 aliphatic heterocycles. The summed E-state index contributed by atoms with van der Waals surface area (Å²) in [7, 11) is 0. The molecular formula is C8H12N2. The Labute approximate surface area is 61.1 Å². The maximum atomic E-state index is 5.32. The molecule has 0 bridgehead atoms. The van der Waals surface area contributed by atoms with Crippen LogP contribution in [0.4, 0.5) is 5.69 Å². The van der Waals surface area contributed by atoms with Crippen LogP contribution in [-0.2, 0) is 0 Å². The van der Waals surface area contributed by atoms with Gasteiger partial charge in [-0.3, -0.25) is 0 Å². The van der Waals surface area contributed by atoms with E-state index in [1.165, 1.54) is 5.56 Å². The standard InChI is InChI=1S/C8H12N2/c1-7-4-2-3-5-8(7)10-6-9/h2-5,10H,6,9H2,1H3. The van der Waals surface area contributed by atoms with Gasteiger partial charge in [-0.2, -0.15) is 0 Å². The minimum absolute atomic E-state index is 0.491. The van der Waals surface area contributed by atoms with Crippen LogP contribution in [0.15, 0.2) is 24.3 Å². The smallest absolute Gasteiger partial charge is 0.0628 e. The predicted octanol–water partition coefficient (Wildman–Crippen LogP) is 1.32. The van der Waals surface area contributed by atoms with Gasteiger partial charge < -0.3 is 11.1 Å². The molecule has 3 N–H and O–H groups in total. The molecule has 0 amide bonds. The second kappa shape index (κ2) is 3.22. The van der Waals surface area contributed by atoms with E-state index in [4.69, 9.17) is 5.73 Å². The molecule has 0 heterocycles. The fraction of sp³-hybridized carbons (Fsp3) is 0.250. The first-order valence-corrected chi connectivity index (χ1v) is 3.34. The van der Waals surface area contributed by atoms with Gasteiger partial charge in [-0.25, -0.2) is 0 Å². The molecule has 2 heteroatoms. The maximum Gasteiger partial charge on any atom is 0.0628 e. The number of rotatable bonds is 2. The van der Waals surface area contributed by atoms with Gasteiger partial charge in [-0.1, -0.05) is 18.2 Å². The van der Waals surface area contributed by atoms with Crippen molar-refractivity contribution >= 4 is 5.69 Å². The molecule has 0 aliphatic carbocycles. The number of aryl methyl sites for hydroxylation is 1. The third-order valence-corrected chi connectivity index (χ3v) is 1.44. The van der Waals surface area contributed by atoms with Gasteiger partial charge in [-0.05, 0) is 18.6 Å². The molecule has 10 heavy (non-hydrogen) atoms. The van der Waals surface area contributed by atoms with Crippen molar-refractivity contribution in [2.45, 2.75) is 6.92 Å². The molecule has 0 aliphatic rings. The number of anilines is 1. The molecule has 0 saturated carbocycles. The quantitative estimate of drug-likeness (QED) is 0.602. The molecule has 0 saturated heterocycles. The van der Waals surface area contributed by atoms with E-state index >= 15 is 0 Å². The topological polar surface area (TPSA) is 38.0 Å². The van der Waals surface area contributed by atoms with Crippen LogP contribution in [0.25, 0.3) is 0 Å². The Kier molecular flexibility index (Phi) is 2.29. The number of benzene rings is 1. The van der Waals surface area contributed by atoms with Crippen molar-refractivity contribution in [2.75, 3.05) is 12.0 Å². The van der Waals surface area contributed by atoms with Crippen LogP contribution in [0.2, 0.25) is 0 Å². The van der Waals surface area contributed by atoms with Crippen LogP contribution in [0.5, 0.6) is 0 Å². The van der Waals surface area contributed by atoms with Gasteiger partial charge in [0.15, 0.2) is 0 Å². The minimum Gasteiger partial charge on any atom is -0.372 e. The van der Waals surface area contributed by atoms with Crippen molar-refractivity contribution in [1.29, 1.82) is 0 Å². The zero-order chi connectivity index (χ0) is 7.40. The highest BCUT2D eigenvalue weighted by Gasteiger charge is 1.90. The van der Waals surface area contributed by atoms with Gasteiger partial charge in [0, 0.05) is 5.69 Å². The molecular weight excluding hydrogens is 124 g/mol. The van der Waals surface area contributed by atoms with Crippen molar-refractivity contribution in [3.63, 3.8) is 0 Å². The van der Waals surface area contributed by atoms with E-state index in [-0.39, 0.29) is 0 Å². The number of nitrogens with one attached hydrogen (secondary N) is 1. The Hall–Kier alpha value is -1.02. The third kappa shape index (κ3) is 1.48. The molecule has 1 rings (SSSR count). The molecule has 0 fully saturated rings. The fourth-order valence-electron chi connectivity index (χ4n) is 0.881. The van der Waals surface area contributed by atoms with E-state index in [1.807, 2.05) is 18.2 Å². The lowest BCUT2D eigenvalue weighted by molar-refractivity contribution is 1.14. The highest BCUT2D eigenvalue weighted by Crippen LogP contribution is 2.11. The molecule has 0 radical (unpaired) electrons. The largest absolute Gasteiger partial charge is 0.372 e. The Morgan fingerprint density at radius 2 is 2.10 bits per heavy atom.